The lowest BCUT2D eigenvalue weighted by molar-refractivity contribution is -0.119. The Kier molecular flexibility index (Phi) is 8.79. The van der Waals surface area contributed by atoms with Crippen LogP contribution < -0.4 is 14.5 Å². The van der Waals surface area contributed by atoms with E-state index < -0.39 is 22.5 Å². The summed E-state index contributed by atoms with van der Waals surface area (Å²) >= 11 is 9.63. The Morgan fingerprint density at radius 3 is 2.44 bits per heavy atom. The Labute approximate surface area is 241 Å². The zero-order chi connectivity index (χ0) is 28.2. The van der Waals surface area contributed by atoms with Crippen molar-refractivity contribution in [1.29, 1.82) is 0 Å². The first-order valence-corrected chi connectivity index (χ1v) is 14.4. The largest absolute Gasteiger partial charge is 0.495 e. The number of amides is 1. The maximum absolute atomic E-state index is 13.6. The van der Waals surface area contributed by atoms with Gasteiger partial charge in [0, 0.05) is 32.1 Å². The predicted molar refractivity (Wildman–Crippen MR) is 158 cm³/mol. The van der Waals surface area contributed by atoms with Crippen molar-refractivity contribution in [2.75, 3.05) is 18.0 Å². The number of aryl methyl sites for hydroxylation is 1. The van der Waals surface area contributed by atoms with Crippen LogP contribution in [0.1, 0.15) is 17.0 Å². The minimum absolute atomic E-state index is 0.0173. The summed E-state index contributed by atoms with van der Waals surface area (Å²) in [4.78, 5) is 13.0. The van der Waals surface area contributed by atoms with Crippen molar-refractivity contribution in [3.8, 4) is 11.4 Å². The molecule has 1 aromatic heterocycles. The zero-order valence-corrected chi connectivity index (χ0v) is 24.6. The molecular formula is C28H26BrClN4O4S. The molecule has 0 aliphatic heterocycles. The number of halogens is 2. The number of carbonyl (C=O) groups excluding carboxylic acids is 1. The number of hydrogen-bond acceptors (Lipinski definition) is 5. The van der Waals surface area contributed by atoms with Gasteiger partial charge in [0.25, 0.3) is 15.9 Å². The lowest BCUT2D eigenvalue weighted by Crippen LogP contribution is -2.39. The number of hydrogen-bond donors (Lipinski definition) is 1. The molecule has 39 heavy (non-hydrogen) atoms. The van der Waals surface area contributed by atoms with Gasteiger partial charge in [0.15, 0.2) is 0 Å². The summed E-state index contributed by atoms with van der Waals surface area (Å²) < 4.78 is 36.6. The number of anilines is 1. The van der Waals surface area contributed by atoms with Crippen LogP contribution >= 0.6 is 27.5 Å². The number of benzene rings is 3. The molecule has 0 saturated heterocycles. The highest BCUT2D eigenvalue weighted by molar-refractivity contribution is 9.10. The molecule has 0 unspecified atom stereocenters. The van der Waals surface area contributed by atoms with Crippen LogP contribution in [0.3, 0.4) is 0 Å². The molecule has 3 aromatic carbocycles. The van der Waals surface area contributed by atoms with Crippen LogP contribution in [0.5, 0.6) is 5.75 Å². The number of aromatic nitrogens is 1. The Morgan fingerprint density at radius 2 is 1.77 bits per heavy atom. The van der Waals surface area contributed by atoms with E-state index in [0.717, 1.165) is 31.4 Å². The van der Waals surface area contributed by atoms with Gasteiger partial charge in [-0.05, 0) is 74.5 Å². The Bertz CT molecular complexity index is 1620. The van der Waals surface area contributed by atoms with Gasteiger partial charge in [-0.25, -0.2) is 13.8 Å². The summed E-state index contributed by atoms with van der Waals surface area (Å²) in [7, 11) is -2.73. The first kappa shape index (κ1) is 28.4. The molecule has 0 aliphatic carbocycles. The molecule has 8 nitrogen and oxygen atoms in total. The molecule has 0 radical (unpaired) electrons. The summed E-state index contributed by atoms with van der Waals surface area (Å²) in [5.41, 5.74) is 6.31. The molecule has 1 heterocycles. The molecule has 0 atom stereocenters. The molecule has 0 bridgehead atoms. The average Bonchev–Trinajstić information content (AvgIpc) is 3.20. The van der Waals surface area contributed by atoms with E-state index >= 15 is 0 Å². The van der Waals surface area contributed by atoms with E-state index in [1.807, 2.05) is 44.2 Å². The van der Waals surface area contributed by atoms with Gasteiger partial charge in [-0.1, -0.05) is 45.7 Å². The lowest BCUT2D eigenvalue weighted by atomic mass is 10.2. The van der Waals surface area contributed by atoms with Crippen molar-refractivity contribution < 1.29 is 17.9 Å². The highest BCUT2D eigenvalue weighted by Crippen LogP contribution is 2.34. The summed E-state index contributed by atoms with van der Waals surface area (Å²) in [6.45, 7) is 3.39. The van der Waals surface area contributed by atoms with Crippen molar-refractivity contribution >= 4 is 55.4 Å². The molecule has 4 aromatic rings. The van der Waals surface area contributed by atoms with E-state index in [0.29, 0.717) is 5.02 Å². The fourth-order valence-corrected chi connectivity index (χ4v) is 6.00. The van der Waals surface area contributed by atoms with Crippen LogP contribution in [0.2, 0.25) is 5.02 Å². The number of ether oxygens (including phenoxy) is 1. The smallest absolute Gasteiger partial charge is 0.264 e. The van der Waals surface area contributed by atoms with E-state index in [1.54, 1.807) is 30.3 Å². The summed E-state index contributed by atoms with van der Waals surface area (Å²) in [6, 6.07) is 22.3. The number of methoxy groups -OCH3 is 1. The first-order chi connectivity index (χ1) is 18.6. The van der Waals surface area contributed by atoms with Gasteiger partial charge in [0.05, 0.1) is 23.9 Å². The Balaban J connectivity index is 1.59. The molecule has 11 heteroatoms. The second-order valence-corrected chi connectivity index (χ2v) is 11.8. The monoisotopic (exact) mass is 628 g/mol. The maximum Gasteiger partial charge on any atom is 0.264 e. The minimum atomic E-state index is -4.14. The van der Waals surface area contributed by atoms with E-state index in [-0.39, 0.29) is 16.3 Å². The average molecular weight is 630 g/mol. The van der Waals surface area contributed by atoms with E-state index in [9.17, 15) is 13.2 Å². The minimum Gasteiger partial charge on any atom is -0.495 e. The van der Waals surface area contributed by atoms with Gasteiger partial charge in [-0.15, -0.1) is 0 Å². The zero-order valence-electron chi connectivity index (χ0n) is 21.4. The molecule has 202 valence electrons. The summed E-state index contributed by atoms with van der Waals surface area (Å²) in [5, 5.41) is 4.39. The van der Waals surface area contributed by atoms with Crippen LogP contribution in [0.4, 0.5) is 5.69 Å². The third-order valence-corrected chi connectivity index (χ3v) is 8.51. The van der Waals surface area contributed by atoms with Gasteiger partial charge in [0.2, 0.25) is 0 Å². The second kappa shape index (κ2) is 12.1. The van der Waals surface area contributed by atoms with Gasteiger partial charge >= 0.3 is 0 Å². The molecule has 4 rings (SSSR count). The normalized spacial score (nSPS) is 11.5. The quantitative estimate of drug-likeness (QED) is 0.185. The van der Waals surface area contributed by atoms with E-state index in [4.69, 9.17) is 16.3 Å². The SMILES string of the molecule is COc1ccc(Cl)cc1N(CC(=O)N/N=C/c1cc(C)n(-c2ccc(Br)cc2)c1C)S(=O)(=O)c1ccccc1. The van der Waals surface area contributed by atoms with E-state index in [2.05, 4.69) is 31.0 Å². The molecule has 0 fully saturated rings. The molecule has 0 aliphatic rings. The number of sulfonamides is 1. The van der Waals surface area contributed by atoms with Gasteiger partial charge in [0.1, 0.15) is 12.3 Å². The van der Waals surface area contributed by atoms with Crippen molar-refractivity contribution in [3.05, 3.63) is 105 Å². The number of carbonyl (C=O) groups is 1. The van der Waals surface area contributed by atoms with Gasteiger partial charge < -0.3 is 9.30 Å². The molecule has 0 spiro atoms. The number of nitrogens with one attached hydrogen (secondary N) is 1. The van der Waals surface area contributed by atoms with Gasteiger partial charge in [-0.3, -0.25) is 9.10 Å². The van der Waals surface area contributed by atoms with Crippen LogP contribution in [0, 0.1) is 13.8 Å². The van der Waals surface area contributed by atoms with Crippen LogP contribution in [0.15, 0.2) is 93.3 Å². The van der Waals surface area contributed by atoms with Crippen molar-refractivity contribution in [3.63, 3.8) is 0 Å². The fraction of sp³-hybridized carbons (Fsp3) is 0.143. The van der Waals surface area contributed by atoms with E-state index in [1.165, 1.54) is 31.5 Å². The Hall–Kier alpha value is -3.60. The van der Waals surface area contributed by atoms with Crippen LogP contribution in [-0.2, 0) is 14.8 Å². The lowest BCUT2D eigenvalue weighted by Gasteiger charge is -2.25. The summed E-state index contributed by atoms with van der Waals surface area (Å²) in [5.74, 6) is -0.398. The fourth-order valence-electron chi connectivity index (χ4n) is 4.12. The third-order valence-electron chi connectivity index (χ3n) is 5.98. The summed E-state index contributed by atoms with van der Waals surface area (Å²) in [6.07, 6.45) is 1.53. The highest BCUT2D eigenvalue weighted by atomic mass is 79.9. The molecular weight excluding hydrogens is 604 g/mol. The van der Waals surface area contributed by atoms with Crippen LogP contribution in [0.25, 0.3) is 5.69 Å². The standard InChI is InChI=1S/C28H26BrClN4O4S/c1-19-15-21(20(2)34(19)24-12-9-22(29)10-13-24)17-31-32-28(35)18-33(26-16-23(30)11-14-27(26)38-3)39(36,37)25-7-5-4-6-8-25/h4-17H,18H2,1-3H3,(H,32,35)/b31-17+. The number of hydrazone groups is 1. The van der Waals surface area contributed by atoms with Crippen LogP contribution in [-0.4, -0.2) is 38.8 Å². The van der Waals surface area contributed by atoms with Crippen molar-refractivity contribution in [1.82, 2.24) is 9.99 Å². The third kappa shape index (κ3) is 6.35. The van der Waals surface area contributed by atoms with Crippen molar-refractivity contribution in [2.24, 2.45) is 5.10 Å². The topological polar surface area (TPSA) is 93.0 Å². The first-order valence-electron chi connectivity index (χ1n) is 11.8. The molecule has 1 N–H and O–H groups in total. The Morgan fingerprint density at radius 1 is 1.08 bits per heavy atom. The van der Waals surface area contributed by atoms with Gasteiger partial charge in [-0.2, -0.15) is 5.10 Å². The number of nitrogens with zero attached hydrogens (tertiary/aromatic N) is 3. The second-order valence-electron chi connectivity index (χ2n) is 8.57. The maximum atomic E-state index is 13.6. The number of rotatable bonds is 9. The molecule has 1 amide bonds. The van der Waals surface area contributed by atoms with Crippen molar-refractivity contribution in [2.45, 2.75) is 18.7 Å². The predicted octanol–water partition coefficient (Wildman–Crippen LogP) is 5.86. The molecule has 0 saturated carbocycles. The highest BCUT2D eigenvalue weighted by Gasteiger charge is 2.29.